The number of benzene rings is 1. The van der Waals surface area contributed by atoms with E-state index >= 15 is 0 Å². The van der Waals surface area contributed by atoms with Crippen LogP contribution in [0.4, 0.5) is 11.5 Å². The fraction of sp³-hybridized carbons (Fsp3) is 0.429. The van der Waals surface area contributed by atoms with Gasteiger partial charge in [-0.1, -0.05) is 46.2 Å². The van der Waals surface area contributed by atoms with Gasteiger partial charge >= 0.3 is 0 Å². The molecule has 1 heterocycles. The van der Waals surface area contributed by atoms with E-state index in [1.807, 2.05) is 25.2 Å². The highest BCUT2D eigenvalue weighted by molar-refractivity contribution is 6.04. The molecule has 4 heteroatoms. The van der Waals surface area contributed by atoms with Crippen LogP contribution in [-0.4, -0.2) is 24.5 Å². The fourth-order valence-corrected chi connectivity index (χ4v) is 2.54. The van der Waals surface area contributed by atoms with Crippen molar-refractivity contribution in [1.82, 2.24) is 4.98 Å². The lowest BCUT2D eigenvalue weighted by atomic mass is 9.87. The number of anilines is 2. The second-order valence-electron chi connectivity index (χ2n) is 7.46. The minimum absolute atomic E-state index is 0.103. The molecular weight excluding hydrogens is 310 g/mol. The van der Waals surface area contributed by atoms with E-state index in [4.69, 9.17) is 0 Å². The summed E-state index contributed by atoms with van der Waals surface area (Å²) in [5.74, 6) is 0.709. The molecule has 1 aromatic heterocycles. The molecule has 0 unspecified atom stereocenters. The molecular formula is C21H29N3O. The van der Waals surface area contributed by atoms with Crippen molar-refractivity contribution in [1.29, 1.82) is 0 Å². The Balaban J connectivity index is 2.08. The summed E-state index contributed by atoms with van der Waals surface area (Å²) in [5.41, 5.74) is 2.77. The van der Waals surface area contributed by atoms with Gasteiger partial charge in [0.05, 0.1) is 0 Å². The van der Waals surface area contributed by atoms with Crippen LogP contribution in [0.25, 0.3) is 0 Å². The van der Waals surface area contributed by atoms with Crippen LogP contribution in [0.1, 0.15) is 56.5 Å². The summed E-state index contributed by atoms with van der Waals surface area (Å²) in [5, 5.41) is 2.96. The summed E-state index contributed by atoms with van der Waals surface area (Å²) in [7, 11) is 2.00. The lowest BCUT2D eigenvalue weighted by molar-refractivity contribution is 0.102. The third kappa shape index (κ3) is 5.31. The molecule has 0 radical (unpaired) electrons. The maximum atomic E-state index is 12.5. The highest BCUT2D eigenvalue weighted by Gasteiger charge is 2.14. The Labute approximate surface area is 151 Å². The summed E-state index contributed by atoms with van der Waals surface area (Å²) >= 11 is 0. The van der Waals surface area contributed by atoms with Gasteiger partial charge in [-0.05, 0) is 41.7 Å². The second kappa shape index (κ2) is 8.15. The summed E-state index contributed by atoms with van der Waals surface area (Å²) in [6, 6.07) is 11.6. The van der Waals surface area contributed by atoms with Gasteiger partial charge in [-0.3, -0.25) is 4.79 Å². The molecule has 0 aliphatic heterocycles. The number of carbonyl (C=O) groups is 1. The molecule has 0 saturated heterocycles. The number of unbranched alkanes of at least 4 members (excludes halogenated alkanes) is 1. The molecule has 2 rings (SSSR count). The monoisotopic (exact) mass is 339 g/mol. The molecule has 0 saturated carbocycles. The standard InChI is InChI=1S/C21H29N3O/c1-6-7-14-24(5)19-15-16(12-13-22-19)20(25)23-18-10-8-17(9-11-18)21(2,3)4/h8-13,15H,6-7,14H2,1-5H3,(H,23,25). The average molecular weight is 339 g/mol. The van der Waals surface area contributed by atoms with Crippen molar-refractivity contribution in [2.45, 2.75) is 46.0 Å². The number of nitrogens with zero attached hydrogens (tertiary/aromatic N) is 2. The number of aromatic nitrogens is 1. The lowest BCUT2D eigenvalue weighted by Gasteiger charge is -2.19. The third-order valence-electron chi connectivity index (χ3n) is 4.25. The van der Waals surface area contributed by atoms with Gasteiger partial charge in [0.2, 0.25) is 0 Å². The van der Waals surface area contributed by atoms with Crippen molar-refractivity contribution in [3.63, 3.8) is 0 Å². The predicted molar refractivity (Wildman–Crippen MR) is 106 cm³/mol. The maximum absolute atomic E-state index is 12.5. The first-order chi connectivity index (χ1) is 11.8. The maximum Gasteiger partial charge on any atom is 0.255 e. The molecule has 0 atom stereocenters. The fourth-order valence-electron chi connectivity index (χ4n) is 2.54. The highest BCUT2D eigenvalue weighted by atomic mass is 16.1. The molecule has 1 aromatic carbocycles. The average Bonchev–Trinajstić information content (AvgIpc) is 2.59. The number of hydrogen-bond acceptors (Lipinski definition) is 3. The van der Waals surface area contributed by atoms with E-state index in [-0.39, 0.29) is 11.3 Å². The van der Waals surface area contributed by atoms with Crippen molar-refractivity contribution in [3.05, 3.63) is 53.7 Å². The Morgan fingerprint density at radius 3 is 2.44 bits per heavy atom. The second-order valence-corrected chi connectivity index (χ2v) is 7.46. The molecule has 0 bridgehead atoms. The summed E-state index contributed by atoms with van der Waals surface area (Å²) in [6.45, 7) is 9.62. The summed E-state index contributed by atoms with van der Waals surface area (Å²) in [4.78, 5) is 19.0. The third-order valence-corrected chi connectivity index (χ3v) is 4.25. The summed E-state index contributed by atoms with van der Waals surface area (Å²) in [6.07, 6.45) is 3.93. The van der Waals surface area contributed by atoms with Crippen molar-refractivity contribution in [2.24, 2.45) is 0 Å². The zero-order chi connectivity index (χ0) is 18.4. The van der Waals surface area contributed by atoms with Crippen LogP contribution < -0.4 is 10.2 Å². The molecule has 0 spiro atoms. The molecule has 0 fully saturated rings. The Kier molecular flexibility index (Phi) is 6.18. The number of rotatable bonds is 6. The summed E-state index contributed by atoms with van der Waals surface area (Å²) < 4.78 is 0. The van der Waals surface area contributed by atoms with Crippen molar-refractivity contribution in [2.75, 3.05) is 23.8 Å². The van der Waals surface area contributed by atoms with Gasteiger partial charge in [0.15, 0.2) is 0 Å². The zero-order valence-electron chi connectivity index (χ0n) is 16.0. The SMILES string of the molecule is CCCCN(C)c1cc(C(=O)Nc2ccc(C(C)(C)C)cc2)ccn1. The normalized spacial score (nSPS) is 11.2. The van der Waals surface area contributed by atoms with E-state index in [0.717, 1.165) is 30.9 Å². The molecule has 1 amide bonds. The first kappa shape index (κ1) is 19.0. The van der Waals surface area contributed by atoms with Gasteiger partial charge in [-0.25, -0.2) is 4.98 Å². The van der Waals surface area contributed by atoms with E-state index in [2.05, 4.69) is 55.0 Å². The van der Waals surface area contributed by atoms with Crippen LogP contribution in [0, 0.1) is 0 Å². The van der Waals surface area contributed by atoms with Gasteiger partial charge in [0.25, 0.3) is 5.91 Å². The number of amides is 1. The molecule has 0 aliphatic carbocycles. The molecule has 134 valence electrons. The van der Waals surface area contributed by atoms with Crippen molar-refractivity contribution in [3.8, 4) is 0 Å². The van der Waals surface area contributed by atoms with Gasteiger partial charge in [-0.2, -0.15) is 0 Å². The quantitative estimate of drug-likeness (QED) is 0.817. The Morgan fingerprint density at radius 1 is 1.16 bits per heavy atom. The van der Waals surface area contributed by atoms with Crippen molar-refractivity contribution < 1.29 is 4.79 Å². The Bertz CT molecular complexity index is 702. The topological polar surface area (TPSA) is 45.2 Å². The van der Waals surface area contributed by atoms with Gasteiger partial charge in [0.1, 0.15) is 5.82 Å². The molecule has 2 aromatic rings. The van der Waals surface area contributed by atoms with E-state index in [1.54, 1.807) is 12.3 Å². The van der Waals surface area contributed by atoms with Crippen LogP contribution >= 0.6 is 0 Å². The molecule has 4 nitrogen and oxygen atoms in total. The van der Waals surface area contributed by atoms with Crippen LogP contribution in [0.15, 0.2) is 42.6 Å². The van der Waals surface area contributed by atoms with Crippen LogP contribution in [-0.2, 0) is 5.41 Å². The van der Waals surface area contributed by atoms with E-state index in [9.17, 15) is 4.79 Å². The first-order valence-electron chi connectivity index (χ1n) is 8.90. The highest BCUT2D eigenvalue weighted by Crippen LogP contribution is 2.23. The van der Waals surface area contributed by atoms with E-state index < -0.39 is 0 Å². The smallest absolute Gasteiger partial charge is 0.255 e. The zero-order valence-corrected chi connectivity index (χ0v) is 16.0. The van der Waals surface area contributed by atoms with Crippen LogP contribution in [0.3, 0.4) is 0 Å². The number of pyridine rings is 1. The van der Waals surface area contributed by atoms with Crippen molar-refractivity contribution >= 4 is 17.4 Å². The van der Waals surface area contributed by atoms with Crippen LogP contribution in [0.2, 0.25) is 0 Å². The minimum Gasteiger partial charge on any atom is -0.360 e. The number of carbonyl (C=O) groups excluding carboxylic acids is 1. The number of hydrogen-bond donors (Lipinski definition) is 1. The Morgan fingerprint density at radius 2 is 1.84 bits per heavy atom. The van der Waals surface area contributed by atoms with Gasteiger partial charge in [0, 0.05) is 31.0 Å². The number of nitrogens with one attached hydrogen (secondary N) is 1. The van der Waals surface area contributed by atoms with Gasteiger partial charge in [-0.15, -0.1) is 0 Å². The molecule has 25 heavy (non-hydrogen) atoms. The Hall–Kier alpha value is -2.36. The first-order valence-corrected chi connectivity index (χ1v) is 8.90. The van der Waals surface area contributed by atoms with Gasteiger partial charge < -0.3 is 10.2 Å². The minimum atomic E-state index is -0.115. The van der Waals surface area contributed by atoms with E-state index in [0.29, 0.717) is 5.56 Å². The molecule has 0 aliphatic rings. The predicted octanol–water partition coefficient (Wildman–Crippen LogP) is 4.87. The lowest BCUT2D eigenvalue weighted by Crippen LogP contribution is -2.20. The van der Waals surface area contributed by atoms with Crippen LogP contribution in [0.5, 0.6) is 0 Å². The van der Waals surface area contributed by atoms with E-state index in [1.165, 1.54) is 5.56 Å². The largest absolute Gasteiger partial charge is 0.360 e. The molecule has 1 N–H and O–H groups in total.